The molecular formula is C26H24N2O5. The van der Waals surface area contributed by atoms with E-state index in [1.54, 1.807) is 49.6 Å². The highest BCUT2D eigenvalue weighted by molar-refractivity contribution is 6.23. The molecular weight excluding hydrogens is 420 g/mol. The predicted molar refractivity (Wildman–Crippen MR) is 121 cm³/mol. The summed E-state index contributed by atoms with van der Waals surface area (Å²) >= 11 is 0. The molecule has 4 aliphatic carbocycles. The van der Waals surface area contributed by atoms with Gasteiger partial charge in [-0.05, 0) is 60.4 Å². The zero-order valence-corrected chi connectivity index (χ0v) is 18.4. The lowest BCUT2D eigenvalue weighted by Crippen LogP contribution is -2.40. The lowest BCUT2D eigenvalue weighted by molar-refractivity contribution is -0.124. The molecule has 0 spiro atoms. The van der Waals surface area contributed by atoms with E-state index in [0.29, 0.717) is 40.3 Å². The van der Waals surface area contributed by atoms with Crippen LogP contribution in [0, 0.1) is 35.5 Å². The van der Waals surface area contributed by atoms with Gasteiger partial charge in [0, 0.05) is 11.6 Å². The molecule has 0 aromatic heterocycles. The number of carbonyl (C=O) groups excluding carboxylic acids is 3. The van der Waals surface area contributed by atoms with E-state index in [2.05, 4.69) is 17.5 Å². The van der Waals surface area contributed by atoms with Gasteiger partial charge in [0.2, 0.25) is 11.8 Å². The standard InChI is InChI=1S/C26H24N2O5/c1-32-15-6-9-20(21(11-15)33-2)27-24(29)13-4-3-5-14(10-13)28-25(30)22-16-7-8-17(19-12-18(16)19)23(22)26(28)31/h3-11,16-19,22-23H,12H2,1-2H3,(H,27,29)/t16-,17-,18-,19+,22+,23+/m0/s1. The van der Waals surface area contributed by atoms with Gasteiger partial charge in [0.15, 0.2) is 0 Å². The van der Waals surface area contributed by atoms with Gasteiger partial charge in [-0.25, -0.2) is 4.90 Å². The van der Waals surface area contributed by atoms with Crippen LogP contribution in [0.5, 0.6) is 11.5 Å². The summed E-state index contributed by atoms with van der Waals surface area (Å²) in [4.78, 5) is 41.0. The van der Waals surface area contributed by atoms with Crippen LogP contribution in [-0.2, 0) is 9.59 Å². The summed E-state index contributed by atoms with van der Waals surface area (Å²) < 4.78 is 10.5. The molecule has 7 nitrogen and oxygen atoms in total. The maximum absolute atomic E-state index is 13.4. The SMILES string of the molecule is COc1ccc(NC(=O)c2cccc(N3C(=O)[C@@H]4[C@H]5C=C[C@@H]([C@@H]6C[C@H]56)[C@H]4C3=O)c2)c(OC)c1. The van der Waals surface area contributed by atoms with Gasteiger partial charge >= 0.3 is 0 Å². The van der Waals surface area contributed by atoms with E-state index < -0.39 is 0 Å². The Morgan fingerprint density at radius 1 is 0.939 bits per heavy atom. The Morgan fingerprint density at radius 2 is 1.64 bits per heavy atom. The van der Waals surface area contributed by atoms with Gasteiger partial charge in [0.1, 0.15) is 11.5 Å². The quantitative estimate of drug-likeness (QED) is 0.564. The highest BCUT2D eigenvalue weighted by Crippen LogP contribution is 2.65. The fraction of sp³-hybridized carbons (Fsp3) is 0.346. The summed E-state index contributed by atoms with van der Waals surface area (Å²) in [6.45, 7) is 0. The molecule has 7 rings (SSSR count). The summed E-state index contributed by atoms with van der Waals surface area (Å²) in [6.07, 6.45) is 5.43. The van der Waals surface area contributed by atoms with Crippen molar-refractivity contribution in [3.8, 4) is 11.5 Å². The second-order valence-corrected chi connectivity index (χ2v) is 9.24. The van der Waals surface area contributed by atoms with Crippen molar-refractivity contribution in [3.63, 3.8) is 0 Å². The minimum absolute atomic E-state index is 0.135. The summed E-state index contributed by atoms with van der Waals surface area (Å²) in [7, 11) is 3.07. The number of hydrogen-bond acceptors (Lipinski definition) is 5. The number of ether oxygens (including phenoxy) is 2. The van der Waals surface area contributed by atoms with Crippen LogP contribution in [0.3, 0.4) is 0 Å². The third-order valence-corrected chi connectivity index (χ3v) is 7.69. The Balaban J connectivity index is 1.26. The second kappa shape index (κ2) is 7.20. The molecule has 0 unspecified atom stereocenters. The van der Waals surface area contributed by atoms with Crippen LogP contribution in [0.15, 0.2) is 54.6 Å². The third kappa shape index (κ3) is 2.91. The Bertz CT molecular complexity index is 1180. The molecule has 168 valence electrons. The van der Waals surface area contributed by atoms with Crippen LogP contribution in [0.1, 0.15) is 16.8 Å². The van der Waals surface area contributed by atoms with Crippen molar-refractivity contribution in [3.05, 3.63) is 60.2 Å². The van der Waals surface area contributed by atoms with Crippen molar-refractivity contribution in [2.45, 2.75) is 6.42 Å². The summed E-state index contributed by atoms with van der Waals surface area (Å²) in [6, 6.07) is 11.8. The lowest BCUT2D eigenvalue weighted by Gasteiger charge is -2.37. The Kier molecular flexibility index (Phi) is 4.37. The van der Waals surface area contributed by atoms with E-state index >= 15 is 0 Å². The van der Waals surface area contributed by atoms with E-state index in [9.17, 15) is 14.4 Å². The number of nitrogens with zero attached hydrogens (tertiary/aromatic N) is 1. The largest absolute Gasteiger partial charge is 0.497 e. The monoisotopic (exact) mass is 444 g/mol. The minimum atomic E-state index is -0.361. The maximum Gasteiger partial charge on any atom is 0.255 e. The van der Waals surface area contributed by atoms with Crippen molar-refractivity contribution in [1.82, 2.24) is 0 Å². The summed E-state index contributed by atoms with van der Waals surface area (Å²) in [5.41, 5.74) is 1.29. The van der Waals surface area contributed by atoms with Crippen molar-refractivity contribution in [2.24, 2.45) is 35.5 Å². The normalized spacial score (nSPS) is 30.7. The average molecular weight is 444 g/mol. The van der Waals surface area contributed by atoms with Gasteiger partial charge in [0.05, 0.1) is 37.4 Å². The van der Waals surface area contributed by atoms with E-state index in [1.807, 2.05) is 0 Å². The van der Waals surface area contributed by atoms with E-state index in [-0.39, 0.29) is 41.4 Å². The lowest BCUT2D eigenvalue weighted by atomic mass is 9.63. The maximum atomic E-state index is 13.4. The Hall–Kier alpha value is -3.61. The Labute approximate surface area is 191 Å². The third-order valence-electron chi connectivity index (χ3n) is 7.69. The highest BCUT2D eigenvalue weighted by Gasteiger charge is 2.67. The molecule has 5 aliphatic rings. The van der Waals surface area contributed by atoms with Crippen LogP contribution in [-0.4, -0.2) is 31.9 Å². The topological polar surface area (TPSA) is 84.9 Å². The van der Waals surface area contributed by atoms with E-state index in [0.717, 1.165) is 6.42 Å². The van der Waals surface area contributed by atoms with Crippen LogP contribution in [0.2, 0.25) is 0 Å². The van der Waals surface area contributed by atoms with Crippen LogP contribution in [0.4, 0.5) is 11.4 Å². The number of carbonyl (C=O) groups is 3. The fourth-order valence-electron chi connectivity index (χ4n) is 6.09. The molecule has 1 N–H and O–H groups in total. The number of imide groups is 1. The first kappa shape index (κ1) is 20.0. The molecule has 33 heavy (non-hydrogen) atoms. The Morgan fingerprint density at radius 3 is 2.27 bits per heavy atom. The molecule has 3 fully saturated rings. The van der Waals surface area contributed by atoms with Crippen molar-refractivity contribution >= 4 is 29.1 Å². The molecule has 1 heterocycles. The number of methoxy groups -OCH3 is 2. The van der Waals surface area contributed by atoms with Gasteiger partial charge in [0.25, 0.3) is 5.91 Å². The molecule has 1 aliphatic heterocycles. The first-order chi connectivity index (χ1) is 16.0. The fourth-order valence-corrected chi connectivity index (χ4v) is 6.09. The number of hydrogen-bond donors (Lipinski definition) is 1. The zero-order valence-electron chi connectivity index (χ0n) is 18.4. The number of rotatable bonds is 5. The average Bonchev–Trinajstić information content (AvgIpc) is 3.62. The molecule has 3 amide bonds. The predicted octanol–water partition coefficient (Wildman–Crippen LogP) is 3.51. The van der Waals surface area contributed by atoms with Gasteiger partial charge in [-0.3, -0.25) is 14.4 Å². The molecule has 2 bridgehead atoms. The van der Waals surface area contributed by atoms with Gasteiger partial charge < -0.3 is 14.8 Å². The first-order valence-electron chi connectivity index (χ1n) is 11.2. The van der Waals surface area contributed by atoms with Crippen molar-refractivity contribution in [2.75, 3.05) is 24.4 Å². The number of benzene rings is 2. The molecule has 2 aromatic rings. The second-order valence-electron chi connectivity index (χ2n) is 9.24. The van der Waals surface area contributed by atoms with E-state index in [1.165, 1.54) is 12.0 Å². The molecule has 2 aromatic carbocycles. The number of allylic oxidation sites excluding steroid dienone is 2. The molecule has 0 radical (unpaired) electrons. The van der Waals surface area contributed by atoms with Crippen LogP contribution < -0.4 is 19.7 Å². The van der Waals surface area contributed by atoms with Gasteiger partial charge in [-0.1, -0.05) is 18.2 Å². The van der Waals surface area contributed by atoms with Gasteiger partial charge in [-0.15, -0.1) is 0 Å². The number of amides is 3. The van der Waals surface area contributed by atoms with Crippen LogP contribution in [0.25, 0.3) is 0 Å². The molecule has 1 saturated heterocycles. The zero-order chi connectivity index (χ0) is 22.9. The molecule has 2 saturated carbocycles. The highest BCUT2D eigenvalue weighted by atomic mass is 16.5. The smallest absolute Gasteiger partial charge is 0.255 e. The summed E-state index contributed by atoms with van der Waals surface area (Å²) in [5.74, 6) is 1.35. The van der Waals surface area contributed by atoms with Crippen LogP contribution >= 0.6 is 0 Å². The molecule has 7 heteroatoms. The minimum Gasteiger partial charge on any atom is -0.497 e. The number of nitrogens with one attached hydrogen (secondary N) is 1. The number of anilines is 2. The van der Waals surface area contributed by atoms with Crippen molar-refractivity contribution < 1.29 is 23.9 Å². The van der Waals surface area contributed by atoms with E-state index in [4.69, 9.17) is 9.47 Å². The van der Waals surface area contributed by atoms with Gasteiger partial charge in [-0.2, -0.15) is 0 Å². The molecule has 6 atom stereocenters. The van der Waals surface area contributed by atoms with Crippen molar-refractivity contribution in [1.29, 1.82) is 0 Å². The first-order valence-corrected chi connectivity index (χ1v) is 11.2. The summed E-state index contributed by atoms with van der Waals surface area (Å²) in [5, 5.41) is 2.84.